The maximum atomic E-state index is 13.2. The van der Waals surface area contributed by atoms with Gasteiger partial charge in [-0.2, -0.15) is 5.10 Å². The van der Waals surface area contributed by atoms with Gasteiger partial charge in [-0.3, -0.25) is 4.68 Å². The first kappa shape index (κ1) is 12.3. The molecule has 0 aliphatic heterocycles. The number of thiophene rings is 1. The third-order valence-electron chi connectivity index (χ3n) is 3.17. The van der Waals surface area contributed by atoms with E-state index in [1.807, 2.05) is 23.7 Å². The Hall–Kier alpha value is -1.72. The molecule has 0 fully saturated rings. The van der Waals surface area contributed by atoms with Gasteiger partial charge < -0.3 is 5.73 Å². The summed E-state index contributed by atoms with van der Waals surface area (Å²) in [5.74, 6) is -0.218. The summed E-state index contributed by atoms with van der Waals surface area (Å²) in [5.41, 5.74) is 7.28. The monoisotopic (exact) mass is 275 g/mol. The van der Waals surface area contributed by atoms with Crippen LogP contribution in [-0.4, -0.2) is 9.78 Å². The Kier molecular flexibility index (Phi) is 3.08. The zero-order chi connectivity index (χ0) is 13.4. The highest BCUT2D eigenvalue weighted by atomic mass is 32.1. The van der Waals surface area contributed by atoms with Gasteiger partial charge in [0.2, 0.25) is 0 Å². The number of hydrogen-bond acceptors (Lipinski definition) is 3. The Balaban J connectivity index is 2.04. The van der Waals surface area contributed by atoms with E-state index in [9.17, 15) is 4.39 Å². The van der Waals surface area contributed by atoms with Crippen LogP contribution >= 0.6 is 11.3 Å². The van der Waals surface area contributed by atoms with E-state index in [0.29, 0.717) is 0 Å². The van der Waals surface area contributed by atoms with Crippen LogP contribution in [0, 0.1) is 5.82 Å². The summed E-state index contributed by atoms with van der Waals surface area (Å²) in [4.78, 5) is 1.02. The van der Waals surface area contributed by atoms with Gasteiger partial charge in [0.15, 0.2) is 0 Å². The zero-order valence-corrected chi connectivity index (χ0v) is 11.3. The summed E-state index contributed by atoms with van der Waals surface area (Å²) in [6.45, 7) is 2.82. The highest BCUT2D eigenvalue weighted by Gasteiger charge is 2.16. The number of nitrogens with two attached hydrogens (primary N) is 1. The van der Waals surface area contributed by atoms with E-state index in [-0.39, 0.29) is 11.9 Å². The first-order valence-corrected chi connectivity index (χ1v) is 6.97. The minimum absolute atomic E-state index is 0.218. The molecule has 2 aromatic heterocycles. The van der Waals surface area contributed by atoms with Gasteiger partial charge in [0.25, 0.3) is 0 Å². The lowest BCUT2D eigenvalue weighted by Crippen LogP contribution is -2.15. The van der Waals surface area contributed by atoms with E-state index in [4.69, 9.17) is 5.73 Å². The van der Waals surface area contributed by atoms with Gasteiger partial charge in [0.05, 0.1) is 11.7 Å². The number of aryl methyl sites for hydroxylation is 1. The van der Waals surface area contributed by atoms with Crippen molar-refractivity contribution in [1.29, 1.82) is 0 Å². The van der Waals surface area contributed by atoms with Gasteiger partial charge in [-0.1, -0.05) is 0 Å². The molecule has 0 radical (unpaired) electrons. The standard InChI is InChI=1S/C14H14FN3S/c1-2-18-11(5-6-17-18)14(16)13-8-9-7-10(15)3-4-12(9)19-13/h3-8,14H,2,16H2,1H3. The summed E-state index contributed by atoms with van der Waals surface area (Å²) >= 11 is 1.60. The first-order valence-electron chi connectivity index (χ1n) is 6.15. The number of halogens is 1. The van der Waals surface area contributed by atoms with Crippen molar-refractivity contribution in [3.63, 3.8) is 0 Å². The summed E-state index contributed by atoms with van der Waals surface area (Å²) in [7, 11) is 0. The molecule has 0 aliphatic carbocycles. The largest absolute Gasteiger partial charge is 0.318 e. The Bertz CT molecular complexity index is 716. The smallest absolute Gasteiger partial charge is 0.123 e. The van der Waals surface area contributed by atoms with Gasteiger partial charge in [0, 0.05) is 22.3 Å². The average molecular weight is 275 g/mol. The molecule has 0 saturated carbocycles. The van der Waals surface area contributed by atoms with Crippen LogP contribution in [0.3, 0.4) is 0 Å². The van der Waals surface area contributed by atoms with Crippen LogP contribution in [0.25, 0.3) is 10.1 Å². The molecule has 19 heavy (non-hydrogen) atoms. The molecule has 3 rings (SSSR count). The number of benzene rings is 1. The molecule has 2 heterocycles. The average Bonchev–Trinajstić information content (AvgIpc) is 3.03. The number of hydrogen-bond donors (Lipinski definition) is 1. The molecule has 0 amide bonds. The van der Waals surface area contributed by atoms with Crippen molar-refractivity contribution in [1.82, 2.24) is 9.78 Å². The summed E-state index contributed by atoms with van der Waals surface area (Å²) < 4.78 is 16.1. The topological polar surface area (TPSA) is 43.8 Å². The van der Waals surface area contributed by atoms with E-state index in [0.717, 1.165) is 27.2 Å². The van der Waals surface area contributed by atoms with Gasteiger partial charge in [-0.15, -0.1) is 11.3 Å². The predicted molar refractivity (Wildman–Crippen MR) is 75.7 cm³/mol. The minimum atomic E-state index is -0.220. The van der Waals surface area contributed by atoms with Gasteiger partial charge in [-0.05, 0) is 42.6 Å². The predicted octanol–water partition coefficient (Wildman–Crippen LogP) is 3.30. The van der Waals surface area contributed by atoms with Crippen LogP contribution in [0.1, 0.15) is 23.5 Å². The van der Waals surface area contributed by atoms with Crippen molar-refractivity contribution in [2.45, 2.75) is 19.5 Å². The molecule has 0 saturated heterocycles. The minimum Gasteiger partial charge on any atom is -0.318 e. The maximum absolute atomic E-state index is 13.2. The third-order valence-corrected chi connectivity index (χ3v) is 4.37. The molecule has 3 aromatic rings. The molecule has 2 N–H and O–H groups in total. The summed E-state index contributed by atoms with van der Waals surface area (Å²) in [6, 6.07) is 8.48. The second-order valence-electron chi connectivity index (χ2n) is 4.38. The quantitative estimate of drug-likeness (QED) is 0.797. The van der Waals surface area contributed by atoms with Crippen LogP contribution in [-0.2, 0) is 6.54 Å². The fourth-order valence-corrected chi connectivity index (χ4v) is 3.26. The zero-order valence-electron chi connectivity index (χ0n) is 10.5. The fourth-order valence-electron chi connectivity index (χ4n) is 2.21. The molecule has 3 nitrogen and oxygen atoms in total. The van der Waals surface area contributed by atoms with Crippen molar-refractivity contribution in [3.8, 4) is 0 Å². The van der Waals surface area contributed by atoms with Crippen LogP contribution in [0.5, 0.6) is 0 Å². The molecule has 1 aromatic carbocycles. The highest BCUT2D eigenvalue weighted by Crippen LogP contribution is 2.32. The van der Waals surface area contributed by atoms with E-state index in [1.54, 1.807) is 29.7 Å². The fraction of sp³-hybridized carbons (Fsp3) is 0.214. The Labute approximate surface area is 114 Å². The van der Waals surface area contributed by atoms with Crippen molar-refractivity contribution in [3.05, 3.63) is 52.9 Å². The lowest BCUT2D eigenvalue weighted by molar-refractivity contribution is 0.603. The number of nitrogens with zero attached hydrogens (tertiary/aromatic N) is 2. The molecule has 0 spiro atoms. The Morgan fingerprint density at radius 2 is 2.21 bits per heavy atom. The third kappa shape index (κ3) is 2.15. The second kappa shape index (κ2) is 4.75. The first-order chi connectivity index (χ1) is 9.19. The van der Waals surface area contributed by atoms with E-state index >= 15 is 0 Å². The van der Waals surface area contributed by atoms with E-state index in [2.05, 4.69) is 5.10 Å². The highest BCUT2D eigenvalue weighted by molar-refractivity contribution is 7.19. The van der Waals surface area contributed by atoms with Crippen molar-refractivity contribution < 1.29 is 4.39 Å². The lowest BCUT2D eigenvalue weighted by Gasteiger charge is -2.11. The van der Waals surface area contributed by atoms with Crippen molar-refractivity contribution in [2.24, 2.45) is 5.73 Å². The maximum Gasteiger partial charge on any atom is 0.123 e. The van der Waals surface area contributed by atoms with Crippen molar-refractivity contribution in [2.75, 3.05) is 0 Å². The Morgan fingerprint density at radius 1 is 1.37 bits per heavy atom. The molecule has 0 aliphatic rings. The van der Waals surface area contributed by atoms with Crippen LogP contribution in [0.4, 0.5) is 4.39 Å². The van der Waals surface area contributed by atoms with Crippen LogP contribution < -0.4 is 5.73 Å². The molecular weight excluding hydrogens is 261 g/mol. The molecular formula is C14H14FN3S. The molecule has 5 heteroatoms. The van der Waals surface area contributed by atoms with Gasteiger partial charge in [-0.25, -0.2) is 4.39 Å². The van der Waals surface area contributed by atoms with Crippen LogP contribution in [0.2, 0.25) is 0 Å². The summed E-state index contributed by atoms with van der Waals surface area (Å²) in [5, 5.41) is 5.13. The lowest BCUT2D eigenvalue weighted by atomic mass is 10.1. The number of rotatable bonds is 3. The normalized spacial score (nSPS) is 13.0. The van der Waals surface area contributed by atoms with Crippen LogP contribution in [0.15, 0.2) is 36.5 Å². The molecule has 1 unspecified atom stereocenters. The van der Waals surface area contributed by atoms with E-state index in [1.165, 1.54) is 6.07 Å². The number of aromatic nitrogens is 2. The van der Waals surface area contributed by atoms with Crippen molar-refractivity contribution >= 4 is 21.4 Å². The van der Waals surface area contributed by atoms with Gasteiger partial charge in [0.1, 0.15) is 5.82 Å². The Morgan fingerprint density at radius 3 is 3.00 bits per heavy atom. The molecule has 1 atom stereocenters. The van der Waals surface area contributed by atoms with E-state index < -0.39 is 0 Å². The SMILES string of the molecule is CCn1nccc1C(N)c1cc2cc(F)ccc2s1. The number of fused-ring (bicyclic) bond motifs is 1. The van der Waals surface area contributed by atoms with Gasteiger partial charge >= 0.3 is 0 Å². The summed E-state index contributed by atoms with van der Waals surface area (Å²) in [6.07, 6.45) is 1.76. The molecule has 0 bridgehead atoms. The second-order valence-corrected chi connectivity index (χ2v) is 5.50. The molecule has 98 valence electrons.